The normalized spacial score (nSPS) is 23.3. The predicted molar refractivity (Wildman–Crippen MR) is 70.0 cm³/mol. The maximum absolute atomic E-state index is 12.1. The molecule has 0 saturated heterocycles. The highest BCUT2D eigenvalue weighted by molar-refractivity contribution is 7.20. The van der Waals surface area contributed by atoms with E-state index in [-0.39, 0.29) is 12.0 Å². The van der Waals surface area contributed by atoms with Crippen molar-refractivity contribution < 1.29 is 9.90 Å². The first-order chi connectivity index (χ1) is 7.97. The van der Waals surface area contributed by atoms with Gasteiger partial charge >= 0.3 is 0 Å². The summed E-state index contributed by atoms with van der Waals surface area (Å²) in [6.45, 7) is 0.652. The van der Waals surface area contributed by atoms with Crippen molar-refractivity contribution >= 4 is 40.4 Å². The molecule has 0 aliphatic heterocycles. The van der Waals surface area contributed by atoms with Gasteiger partial charge < -0.3 is 10.0 Å². The lowest BCUT2D eigenvalue weighted by molar-refractivity contribution is 0.0265. The first-order valence-corrected chi connectivity index (χ1v) is 6.93. The van der Waals surface area contributed by atoms with Crippen LogP contribution in [0.5, 0.6) is 0 Å². The van der Waals surface area contributed by atoms with E-state index in [9.17, 15) is 9.90 Å². The van der Waals surface area contributed by atoms with Crippen LogP contribution in [0.15, 0.2) is 6.07 Å². The van der Waals surface area contributed by atoms with E-state index in [1.54, 1.807) is 18.0 Å². The molecule has 94 valence electrons. The fraction of sp³-hybridized carbons (Fsp3) is 0.545. The summed E-state index contributed by atoms with van der Waals surface area (Å²) in [5, 5.41) is 9.19. The van der Waals surface area contributed by atoms with Crippen molar-refractivity contribution in [2.45, 2.75) is 18.9 Å². The molecule has 1 amide bonds. The first kappa shape index (κ1) is 13.1. The standard InChI is InChI=1S/C11H13Cl2NO2S/c1-14(5-6-2-7(15)3-6)11(16)8-4-9(12)17-10(8)13/h4,6-7,15H,2-3,5H2,1H3. The van der Waals surface area contributed by atoms with Crippen LogP contribution in [0.1, 0.15) is 23.2 Å². The summed E-state index contributed by atoms with van der Waals surface area (Å²) in [6.07, 6.45) is 1.36. The van der Waals surface area contributed by atoms with Crippen LogP contribution in [0.25, 0.3) is 0 Å². The molecule has 0 unspecified atom stereocenters. The zero-order valence-electron chi connectivity index (χ0n) is 9.32. The highest BCUT2D eigenvalue weighted by Gasteiger charge is 2.29. The number of halogens is 2. The second-order valence-electron chi connectivity index (χ2n) is 4.41. The third-order valence-electron chi connectivity index (χ3n) is 2.98. The fourth-order valence-corrected chi connectivity index (χ4v) is 3.46. The van der Waals surface area contributed by atoms with Crippen molar-refractivity contribution in [3.63, 3.8) is 0 Å². The molecule has 2 rings (SSSR count). The van der Waals surface area contributed by atoms with Gasteiger partial charge in [-0.3, -0.25) is 4.79 Å². The molecule has 1 N–H and O–H groups in total. The maximum atomic E-state index is 12.1. The van der Waals surface area contributed by atoms with Gasteiger partial charge in [-0.2, -0.15) is 0 Å². The minimum Gasteiger partial charge on any atom is -0.393 e. The third kappa shape index (κ3) is 2.94. The zero-order chi connectivity index (χ0) is 12.6. The van der Waals surface area contributed by atoms with Gasteiger partial charge in [-0.15, -0.1) is 11.3 Å². The number of nitrogens with zero attached hydrogens (tertiary/aromatic N) is 1. The van der Waals surface area contributed by atoms with Gasteiger partial charge in [0.25, 0.3) is 5.91 Å². The lowest BCUT2D eigenvalue weighted by atomic mass is 9.82. The Bertz CT molecular complexity index is 429. The Kier molecular flexibility index (Phi) is 3.98. The van der Waals surface area contributed by atoms with Gasteiger partial charge in [0, 0.05) is 13.6 Å². The first-order valence-electron chi connectivity index (χ1n) is 5.35. The maximum Gasteiger partial charge on any atom is 0.256 e. The topological polar surface area (TPSA) is 40.5 Å². The summed E-state index contributed by atoms with van der Waals surface area (Å²) >= 11 is 12.9. The second kappa shape index (κ2) is 5.14. The molecule has 0 atom stereocenters. The number of carbonyl (C=O) groups excluding carboxylic acids is 1. The van der Waals surface area contributed by atoms with E-state index in [2.05, 4.69) is 0 Å². The molecule has 1 heterocycles. The van der Waals surface area contributed by atoms with Gasteiger partial charge in [-0.25, -0.2) is 0 Å². The van der Waals surface area contributed by atoms with Gasteiger partial charge in [0.05, 0.1) is 16.0 Å². The molecule has 1 saturated carbocycles. The molecule has 0 spiro atoms. The predicted octanol–water partition coefficient (Wildman–Crippen LogP) is 2.90. The Morgan fingerprint density at radius 2 is 2.24 bits per heavy atom. The summed E-state index contributed by atoms with van der Waals surface area (Å²) in [6, 6.07) is 1.60. The van der Waals surface area contributed by atoms with E-state index in [0.717, 1.165) is 12.8 Å². The van der Waals surface area contributed by atoms with Crippen molar-refractivity contribution in [1.29, 1.82) is 0 Å². The smallest absolute Gasteiger partial charge is 0.256 e. The Hall–Kier alpha value is -0.290. The summed E-state index contributed by atoms with van der Waals surface area (Å²) in [4.78, 5) is 13.7. The third-order valence-corrected chi connectivity index (χ3v) is 4.46. The van der Waals surface area contributed by atoms with Crippen LogP contribution in [0.4, 0.5) is 0 Å². The highest BCUT2D eigenvalue weighted by Crippen LogP contribution is 2.33. The molecule has 6 heteroatoms. The van der Waals surface area contributed by atoms with Crippen molar-refractivity contribution in [2.75, 3.05) is 13.6 Å². The van der Waals surface area contributed by atoms with Gasteiger partial charge in [-0.05, 0) is 24.8 Å². The number of aliphatic hydroxyl groups is 1. The van der Waals surface area contributed by atoms with Gasteiger partial charge in [0.1, 0.15) is 4.34 Å². The number of hydrogen-bond acceptors (Lipinski definition) is 3. The van der Waals surface area contributed by atoms with E-state index in [1.165, 1.54) is 11.3 Å². The second-order valence-corrected chi connectivity index (χ2v) is 6.70. The summed E-state index contributed by atoms with van der Waals surface area (Å²) in [7, 11) is 1.74. The molecule has 3 nitrogen and oxygen atoms in total. The van der Waals surface area contributed by atoms with Crippen molar-refractivity contribution in [2.24, 2.45) is 5.92 Å². The molecule has 1 aromatic heterocycles. The molecule has 0 radical (unpaired) electrons. The number of amides is 1. The molecular weight excluding hydrogens is 281 g/mol. The number of hydrogen-bond donors (Lipinski definition) is 1. The van der Waals surface area contributed by atoms with E-state index < -0.39 is 0 Å². The molecule has 17 heavy (non-hydrogen) atoms. The van der Waals surface area contributed by atoms with Crippen LogP contribution >= 0.6 is 34.5 Å². The quantitative estimate of drug-likeness (QED) is 0.931. The van der Waals surface area contributed by atoms with Crippen LogP contribution in [-0.2, 0) is 0 Å². The summed E-state index contributed by atoms with van der Waals surface area (Å²) in [5.74, 6) is 0.284. The SMILES string of the molecule is CN(CC1CC(O)C1)C(=O)c1cc(Cl)sc1Cl. The average Bonchev–Trinajstić information content (AvgIpc) is 2.54. The monoisotopic (exact) mass is 293 g/mol. The molecule has 1 fully saturated rings. The number of carbonyl (C=O) groups is 1. The largest absolute Gasteiger partial charge is 0.393 e. The lowest BCUT2D eigenvalue weighted by Crippen LogP contribution is -2.39. The number of thiophene rings is 1. The molecule has 1 aromatic rings. The number of rotatable bonds is 3. The Morgan fingerprint density at radius 3 is 2.71 bits per heavy atom. The van der Waals surface area contributed by atoms with E-state index >= 15 is 0 Å². The van der Waals surface area contributed by atoms with Crippen molar-refractivity contribution in [1.82, 2.24) is 4.90 Å². The Balaban J connectivity index is 1.97. The molecule has 1 aliphatic rings. The average molecular weight is 294 g/mol. The lowest BCUT2D eigenvalue weighted by Gasteiger charge is -2.34. The van der Waals surface area contributed by atoms with E-state index in [0.29, 0.717) is 26.7 Å². The van der Waals surface area contributed by atoms with Gasteiger partial charge in [0.2, 0.25) is 0 Å². The van der Waals surface area contributed by atoms with Crippen LogP contribution < -0.4 is 0 Å². The van der Waals surface area contributed by atoms with Crippen molar-refractivity contribution in [3.8, 4) is 0 Å². The minimum absolute atomic E-state index is 0.112. The van der Waals surface area contributed by atoms with Gasteiger partial charge in [0.15, 0.2) is 0 Å². The zero-order valence-corrected chi connectivity index (χ0v) is 11.6. The van der Waals surface area contributed by atoms with Crippen LogP contribution in [0, 0.1) is 5.92 Å². The molecule has 0 bridgehead atoms. The molecule has 0 aromatic carbocycles. The van der Waals surface area contributed by atoms with E-state index in [4.69, 9.17) is 23.2 Å². The summed E-state index contributed by atoms with van der Waals surface area (Å²) < 4.78 is 0.950. The fourth-order valence-electron chi connectivity index (χ4n) is 2.01. The summed E-state index contributed by atoms with van der Waals surface area (Å²) in [5.41, 5.74) is 0.462. The Labute approximate surface area is 114 Å². The minimum atomic E-state index is -0.192. The van der Waals surface area contributed by atoms with Crippen LogP contribution in [0.2, 0.25) is 8.67 Å². The highest BCUT2D eigenvalue weighted by atomic mass is 35.5. The number of aliphatic hydroxyl groups excluding tert-OH is 1. The van der Waals surface area contributed by atoms with Crippen LogP contribution in [-0.4, -0.2) is 35.6 Å². The molecule has 1 aliphatic carbocycles. The van der Waals surface area contributed by atoms with E-state index in [1.807, 2.05) is 0 Å². The van der Waals surface area contributed by atoms with Crippen molar-refractivity contribution in [3.05, 3.63) is 20.3 Å². The van der Waals surface area contributed by atoms with Crippen LogP contribution in [0.3, 0.4) is 0 Å². The molecular formula is C11H13Cl2NO2S. The van der Waals surface area contributed by atoms with Gasteiger partial charge in [-0.1, -0.05) is 23.2 Å². The Morgan fingerprint density at radius 1 is 1.59 bits per heavy atom.